The molecule has 3 aromatic rings. The molecule has 0 fully saturated rings. The monoisotopic (exact) mass is 513 g/mol. The van der Waals surface area contributed by atoms with Gasteiger partial charge in [0.25, 0.3) is 0 Å². The Hall–Kier alpha value is -3.13. The van der Waals surface area contributed by atoms with Gasteiger partial charge in [0.05, 0.1) is 16.1 Å². The number of likely N-dealkylation sites (N-methyl/N-ethyl adjacent to an activating group) is 1. The fourth-order valence-corrected chi connectivity index (χ4v) is 3.90. The zero-order valence-corrected chi connectivity index (χ0v) is 21.2. The highest BCUT2D eigenvalue weighted by Gasteiger charge is 2.27. The second-order valence-electron chi connectivity index (χ2n) is 8.49. The second kappa shape index (κ2) is 12.5. The fourth-order valence-electron chi connectivity index (χ4n) is 3.58. The lowest BCUT2D eigenvalue weighted by Gasteiger charge is -2.26. The molecule has 0 saturated carbocycles. The van der Waals surface area contributed by atoms with E-state index in [4.69, 9.17) is 28.9 Å². The van der Waals surface area contributed by atoms with Crippen LogP contribution in [0.4, 0.5) is 5.82 Å². The van der Waals surface area contributed by atoms with Crippen molar-refractivity contribution in [3.05, 3.63) is 93.6 Å². The average molecular weight is 514 g/mol. The highest BCUT2D eigenvalue weighted by Crippen LogP contribution is 2.23. The minimum absolute atomic E-state index is 0.242. The molecule has 0 aliphatic carbocycles. The maximum Gasteiger partial charge on any atom is 0.243 e. The summed E-state index contributed by atoms with van der Waals surface area (Å²) in [5.41, 5.74) is 8.23. The Morgan fingerprint density at radius 1 is 0.914 bits per heavy atom. The van der Waals surface area contributed by atoms with Gasteiger partial charge in [0.2, 0.25) is 11.8 Å². The number of pyridine rings is 1. The van der Waals surface area contributed by atoms with Crippen LogP contribution in [-0.4, -0.2) is 47.9 Å². The van der Waals surface area contributed by atoms with E-state index < -0.39 is 12.1 Å². The lowest BCUT2D eigenvalue weighted by atomic mass is 10.0. The highest BCUT2D eigenvalue weighted by atomic mass is 35.5. The molecule has 7 nitrogen and oxygen atoms in total. The minimum atomic E-state index is -0.820. The number of nitrogens with two attached hydrogens (primary N) is 1. The van der Waals surface area contributed by atoms with Crippen molar-refractivity contribution in [1.82, 2.24) is 20.5 Å². The summed E-state index contributed by atoms with van der Waals surface area (Å²) in [7, 11) is 3.69. The molecule has 0 aliphatic rings. The second-order valence-corrected chi connectivity index (χ2v) is 9.31. The van der Waals surface area contributed by atoms with Gasteiger partial charge in [-0.25, -0.2) is 4.98 Å². The Morgan fingerprint density at radius 3 is 2.26 bits per heavy atom. The van der Waals surface area contributed by atoms with E-state index in [0.717, 1.165) is 16.7 Å². The Kier molecular flexibility index (Phi) is 9.48. The molecular formula is C26H29Cl2N5O2. The summed E-state index contributed by atoms with van der Waals surface area (Å²) in [6, 6.07) is 17.1. The molecule has 0 aliphatic heterocycles. The molecule has 9 heteroatoms. The number of carbonyl (C=O) groups excluding carboxylic acids is 2. The number of nitrogens with one attached hydrogen (secondary N) is 2. The van der Waals surface area contributed by atoms with Crippen molar-refractivity contribution < 1.29 is 9.59 Å². The Morgan fingerprint density at radius 2 is 1.63 bits per heavy atom. The van der Waals surface area contributed by atoms with Gasteiger partial charge in [-0.1, -0.05) is 65.7 Å². The number of amides is 2. The van der Waals surface area contributed by atoms with Crippen LogP contribution >= 0.6 is 23.2 Å². The van der Waals surface area contributed by atoms with Crippen LogP contribution in [0.15, 0.2) is 66.9 Å². The van der Waals surface area contributed by atoms with Gasteiger partial charge >= 0.3 is 0 Å². The lowest BCUT2D eigenvalue weighted by Crippen LogP contribution is -2.53. The Labute approximate surface area is 215 Å². The molecule has 3 rings (SSSR count). The van der Waals surface area contributed by atoms with Crippen LogP contribution in [0.2, 0.25) is 10.0 Å². The molecule has 1 heterocycles. The van der Waals surface area contributed by atoms with Crippen LogP contribution < -0.4 is 16.4 Å². The molecule has 1 aromatic heterocycles. The maximum atomic E-state index is 13.3. The average Bonchev–Trinajstić information content (AvgIpc) is 2.84. The zero-order chi connectivity index (χ0) is 25.4. The quantitative estimate of drug-likeness (QED) is 0.385. The number of hydrogen-bond donors (Lipinski definition) is 3. The van der Waals surface area contributed by atoms with Gasteiger partial charge in [0.15, 0.2) is 0 Å². The van der Waals surface area contributed by atoms with E-state index in [0.29, 0.717) is 22.3 Å². The molecule has 2 aromatic carbocycles. The first kappa shape index (κ1) is 26.5. The van der Waals surface area contributed by atoms with Crippen molar-refractivity contribution in [2.24, 2.45) is 0 Å². The van der Waals surface area contributed by atoms with Crippen LogP contribution in [0.3, 0.4) is 0 Å². The predicted molar refractivity (Wildman–Crippen MR) is 140 cm³/mol. The summed E-state index contributed by atoms with van der Waals surface area (Å²) in [5.74, 6) is -0.162. The third kappa shape index (κ3) is 7.96. The number of anilines is 1. The molecule has 0 unspecified atom stereocenters. The van der Waals surface area contributed by atoms with Crippen LogP contribution in [0.5, 0.6) is 0 Å². The number of aromatic nitrogens is 1. The van der Waals surface area contributed by atoms with Crippen molar-refractivity contribution >= 4 is 40.8 Å². The number of nitrogens with zero attached hydrogens (tertiary/aromatic N) is 2. The minimum Gasteiger partial charge on any atom is -0.384 e. The van der Waals surface area contributed by atoms with Crippen LogP contribution in [-0.2, 0) is 29.0 Å². The molecule has 4 N–H and O–H groups in total. The summed E-state index contributed by atoms with van der Waals surface area (Å²) in [6.07, 6.45) is 2.36. The fraction of sp³-hybridized carbons (Fsp3) is 0.269. The van der Waals surface area contributed by atoms with Crippen LogP contribution in [0, 0.1) is 0 Å². The van der Waals surface area contributed by atoms with E-state index in [2.05, 4.69) is 15.6 Å². The van der Waals surface area contributed by atoms with E-state index in [1.165, 1.54) is 0 Å². The predicted octanol–water partition coefficient (Wildman–Crippen LogP) is 3.49. The van der Waals surface area contributed by atoms with Gasteiger partial charge < -0.3 is 16.4 Å². The van der Waals surface area contributed by atoms with Crippen LogP contribution in [0.25, 0.3) is 0 Å². The van der Waals surface area contributed by atoms with Crippen molar-refractivity contribution in [2.75, 3.05) is 19.8 Å². The summed E-state index contributed by atoms with van der Waals surface area (Å²) in [4.78, 5) is 32.4. The van der Waals surface area contributed by atoms with Gasteiger partial charge in [0, 0.05) is 19.2 Å². The number of rotatable bonds is 10. The summed E-state index contributed by atoms with van der Waals surface area (Å²) >= 11 is 12.2. The Balaban J connectivity index is 1.77. The first-order valence-corrected chi connectivity index (χ1v) is 11.9. The Bertz CT molecular complexity index is 1140. The van der Waals surface area contributed by atoms with E-state index in [1.807, 2.05) is 49.3 Å². The smallest absolute Gasteiger partial charge is 0.243 e. The van der Waals surface area contributed by atoms with Gasteiger partial charge in [-0.05, 0) is 55.4 Å². The highest BCUT2D eigenvalue weighted by molar-refractivity contribution is 6.42. The zero-order valence-electron chi connectivity index (χ0n) is 19.7. The lowest BCUT2D eigenvalue weighted by molar-refractivity contribution is -0.131. The number of carbonyl (C=O) groups is 2. The molecule has 2 amide bonds. The number of hydrogen-bond acceptors (Lipinski definition) is 5. The van der Waals surface area contributed by atoms with Crippen LogP contribution in [0.1, 0.15) is 16.7 Å². The van der Waals surface area contributed by atoms with Crippen molar-refractivity contribution in [3.63, 3.8) is 0 Å². The largest absolute Gasteiger partial charge is 0.384 e. The van der Waals surface area contributed by atoms with Gasteiger partial charge in [-0.2, -0.15) is 0 Å². The third-order valence-electron chi connectivity index (χ3n) is 5.57. The molecule has 184 valence electrons. The summed E-state index contributed by atoms with van der Waals surface area (Å²) in [6.45, 7) is 0.251. The van der Waals surface area contributed by atoms with E-state index in [9.17, 15) is 9.59 Å². The molecular weight excluding hydrogens is 485 g/mol. The molecule has 35 heavy (non-hydrogen) atoms. The van der Waals surface area contributed by atoms with E-state index in [-0.39, 0.29) is 24.8 Å². The van der Waals surface area contributed by atoms with Crippen molar-refractivity contribution in [1.29, 1.82) is 0 Å². The molecule has 0 spiro atoms. The first-order chi connectivity index (χ1) is 16.7. The first-order valence-electron chi connectivity index (χ1n) is 11.2. The molecule has 0 radical (unpaired) electrons. The molecule has 0 saturated heterocycles. The normalized spacial score (nSPS) is 12.7. The summed E-state index contributed by atoms with van der Waals surface area (Å²) in [5, 5.41) is 6.63. The summed E-state index contributed by atoms with van der Waals surface area (Å²) < 4.78 is 0. The van der Waals surface area contributed by atoms with Crippen molar-refractivity contribution in [3.8, 4) is 0 Å². The standard InChI is InChI=1S/C26H29Cl2N5O2/c1-33(2)23(14-17-6-4-3-5-7-17)26(35)32-22(13-18-8-10-20(27)21(28)12-18)25(34)31-16-19-9-11-24(29)30-15-19/h3-12,15,22-23H,13-14,16H2,1-2H3,(H2,29,30)(H,31,34)(H,32,35)/t22-,23+/m0/s1. The van der Waals surface area contributed by atoms with Gasteiger partial charge in [-0.15, -0.1) is 0 Å². The SMILES string of the molecule is CN(C)[C@H](Cc1ccccc1)C(=O)N[C@@H](Cc1ccc(Cl)c(Cl)c1)C(=O)NCc1ccc(N)nc1. The van der Waals surface area contributed by atoms with Gasteiger partial charge in [-0.3, -0.25) is 14.5 Å². The molecule has 0 bridgehead atoms. The third-order valence-corrected chi connectivity index (χ3v) is 6.31. The van der Waals surface area contributed by atoms with Crippen molar-refractivity contribution in [2.45, 2.75) is 31.5 Å². The molecule has 2 atom stereocenters. The van der Waals surface area contributed by atoms with Gasteiger partial charge in [0.1, 0.15) is 11.9 Å². The van der Waals surface area contributed by atoms with E-state index in [1.54, 1.807) is 36.5 Å². The number of halogens is 2. The maximum absolute atomic E-state index is 13.3. The number of benzene rings is 2. The topological polar surface area (TPSA) is 100 Å². The van der Waals surface area contributed by atoms with E-state index >= 15 is 0 Å². The number of nitrogen functional groups attached to an aromatic ring is 1.